The lowest BCUT2D eigenvalue weighted by Crippen LogP contribution is -2.34. The highest BCUT2D eigenvalue weighted by atomic mass is 32.2. The zero-order chi connectivity index (χ0) is 9.56. The summed E-state index contributed by atoms with van der Waals surface area (Å²) in [4.78, 5) is 0. The molecular weight excluding hydrogens is 170 g/mol. The summed E-state index contributed by atoms with van der Waals surface area (Å²) in [5.41, 5.74) is 0. The van der Waals surface area contributed by atoms with Gasteiger partial charge in [0, 0.05) is 28.9 Å². The van der Waals surface area contributed by atoms with Crippen LogP contribution in [0.1, 0.15) is 27.2 Å². The van der Waals surface area contributed by atoms with Crippen LogP contribution in [-0.4, -0.2) is 28.8 Å². The summed E-state index contributed by atoms with van der Waals surface area (Å²) < 4.78 is 10.8. The Kier molecular flexibility index (Phi) is 6.67. The molecule has 0 bridgehead atoms. The lowest BCUT2D eigenvalue weighted by Gasteiger charge is -2.15. The number of rotatable bonds is 6. The molecular formula is C9H21NOS. The number of hydrogen-bond donors (Lipinski definition) is 1. The van der Waals surface area contributed by atoms with Crippen molar-refractivity contribution in [3.05, 3.63) is 0 Å². The highest BCUT2D eigenvalue weighted by Crippen LogP contribution is 1.98. The molecule has 0 radical (unpaired) electrons. The molecule has 0 aromatic heterocycles. The average molecular weight is 191 g/mol. The summed E-state index contributed by atoms with van der Waals surface area (Å²) in [5, 5.41) is 3.37. The first-order valence-electron chi connectivity index (χ1n) is 4.59. The summed E-state index contributed by atoms with van der Waals surface area (Å²) in [6, 6.07) is 0.379. The Balaban J connectivity index is 3.43. The van der Waals surface area contributed by atoms with Gasteiger partial charge in [0.2, 0.25) is 0 Å². The van der Waals surface area contributed by atoms with Gasteiger partial charge in [-0.15, -0.1) is 0 Å². The summed E-state index contributed by atoms with van der Waals surface area (Å²) in [6.07, 6.45) is 2.95. The predicted molar refractivity (Wildman–Crippen MR) is 55.9 cm³/mol. The smallest absolute Gasteiger partial charge is 0.0383 e. The minimum absolute atomic E-state index is 0.379. The second kappa shape index (κ2) is 6.61. The summed E-state index contributed by atoms with van der Waals surface area (Å²) in [7, 11) is -0.675. The minimum Gasteiger partial charge on any atom is -0.313 e. The van der Waals surface area contributed by atoms with E-state index in [1.165, 1.54) is 6.42 Å². The van der Waals surface area contributed by atoms with E-state index in [1.54, 1.807) is 6.26 Å². The van der Waals surface area contributed by atoms with E-state index < -0.39 is 10.8 Å². The fourth-order valence-corrected chi connectivity index (χ4v) is 1.78. The van der Waals surface area contributed by atoms with Gasteiger partial charge in [-0.2, -0.15) is 0 Å². The predicted octanol–water partition coefficient (Wildman–Crippen LogP) is 1.39. The van der Waals surface area contributed by atoms with Gasteiger partial charge in [0.15, 0.2) is 0 Å². The molecule has 0 aromatic carbocycles. The van der Waals surface area contributed by atoms with E-state index in [2.05, 4.69) is 26.1 Å². The molecule has 0 aliphatic heterocycles. The van der Waals surface area contributed by atoms with Gasteiger partial charge >= 0.3 is 0 Å². The molecule has 0 aromatic rings. The van der Waals surface area contributed by atoms with Crippen LogP contribution in [0.4, 0.5) is 0 Å². The Morgan fingerprint density at radius 1 is 1.42 bits per heavy atom. The van der Waals surface area contributed by atoms with Crippen LogP contribution in [0, 0.1) is 5.92 Å². The molecule has 0 fully saturated rings. The third-order valence-corrected chi connectivity index (χ3v) is 2.97. The minimum atomic E-state index is -0.675. The van der Waals surface area contributed by atoms with Gasteiger partial charge in [-0.1, -0.05) is 20.3 Å². The molecule has 3 unspecified atom stereocenters. The van der Waals surface area contributed by atoms with E-state index in [9.17, 15) is 4.21 Å². The van der Waals surface area contributed by atoms with Crippen molar-refractivity contribution in [3.63, 3.8) is 0 Å². The third-order valence-electron chi connectivity index (χ3n) is 2.00. The molecule has 1 N–H and O–H groups in total. The van der Waals surface area contributed by atoms with Crippen LogP contribution >= 0.6 is 0 Å². The van der Waals surface area contributed by atoms with Crippen LogP contribution in [-0.2, 0) is 10.8 Å². The van der Waals surface area contributed by atoms with Gasteiger partial charge in [0.05, 0.1) is 0 Å². The van der Waals surface area contributed by atoms with E-state index in [4.69, 9.17) is 0 Å². The van der Waals surface area contributed by atoms with Crippen molar-refractivity contribution in [2.45, 2.75) is 33.2 Å². The Morgan fingerprint density at radius 3 is 2.42 bits per heavy atom. The molecule has 0 aliphatic rings. The monoisotopic (exact) mass is 191 g/mol. The number of hydrogen-bond acceptors (Lipinski definition) is 2. The first-order chi connectivity index (χ1) is 5.56. The van der Waals surface area contributed by atoms with Crippen LogP contribution in [0.25, 0.3) is 0 Å². The van der Waals surface area contributed by atoms with Crippen molar-refractivity contribution in [2.24, 2.45) is 5.92 Å². The molecule has 0 saturated carbocycles. The zero-order valence-electron chi connectivity index (χ0n) is 8.59. The molecule has 0 aliphatic carbocycles. The van der Waals surface area contributed by atoms with Crippen LogP contribution in [0.5, 0.6) is 0 Å². The van der Waals surface area contributed by atoms with Crippen molar-refractivity contribution >= 4 is 10.8 Å². The first-order valence-corrected chi connectivity index (χ1v) is 6.32. The van der Waals surface area contributed by atoms with Gasteiger partial charge < -0.3 is 5.32 Å². The SMILES string of the molecule is CCC(C)CNC(C)CS(C)=O. The highest BCUT2D eigenvalue weighted by Gasteiger charge is 2.04. The third kappa shape index (κ3) is 6.80. The summed E-state index contributed by atoms with van der Waals surface area (Å²) >= 11 is 0. The maximum Gasteiger partial charge on any atom is 0.0383 e. The quantitative estimate of drug-likeness (QED) is 0.687. The Labute approximate surface area is 78.6 Å². The van der Waals surface area contributed by atoms with Crippen molar-refractivity contribution in [1.29, 1.82) is 0 Å². The van der Waals surface area contributed by atoms with E-state index in [1.807, 2.05) is 0 Å². The summed E-state index contributed by atoms with van der Waals surface area (Å²) in [5.74, 6) is 1.48. The van der Waals surface area contributed by atoms with Gasteiger partial charge in [-0.25, -0.2) is 0 Å². The molecule has 3 atom stereocenters. The second-order valence-electron chi connectivity index (χ2n) is 3.56. The van der Waals surface area contributed by atoms with Crippen LogP contribution in [0.15, 0.2) is 0 Å². The second-order valence-corrected chi connectivity index (χ2v) is 5.04. The van der Waals surface area contributed by atoms with E-state index in [0.29, 0.717) is 6.04 Å². The Bertz CT molecular complexity index is 138. The van der Waals surface area contributed by atoms with Crippen molar-refractivity contribution in [3.8, 4) is 0 Å². The topological polar surface area (TPSA) is 29.1 Å². The van der Waals surface area contributed by atoms with Crippen molar-refractivity contribution < 1.29 is 4.21 Å². The first kappa shape index (κ1) is 12.1. The van der Waals surface area contributed by atoms with E-state index in [-0.39, 0.29) is 0 Å². The Morgan fingerprint density at radius 2 is 2.00 bits per heavy atom. The fourth-order valence-electron chi connectivity index (χ4n) is 0.958. The van der Waals surface area contributed by atoms with E-state index >= 15 is 0 Å². The molecule has 0 spiro atoms. The van der Waals surface area contributed by atoms with Gasteiger partial charge in [0.1, 0.15) is 0 Å². The fraction of sp³-hybridized carbons (Fsp3) is 1.00. The highest BCUT2D eigenvalue weighted by molar-refractivity contribution is 7.84. The molecule has 2 nitrogen and oxygen atoms in total. The lowest BCUT2D eigenvalue weighted by atomic mass is 10.1. The largest absolute Gasteiger partial charge is 0.313 e. The van der Waals surface area contributed by atoms with Gasteiger partial charge in [-0.3, -0.25) is 4.21 Å². The lowest BCUT2D eigenvalue weighted by molar-refractivity contribution is 0.469. The molecule has 12 heavy (non-hydrogen) atoms. The average Bonchev–Trinajstić information content (AvgIpc) is 1.99. The van der Waals surface area contributed by atoms with Gasteiger partial charge in [0.25, 0.3) is 0 Å². The maximum absolute atomic E-state index is 10.8. The van der Waals surface area contributed by atoms with E-state index in [0.717, 1.165) is 18.2 Å². The summed E-state index contributed by atoms with van der Waals surface area (Å²) in [6.45, 7) is 7.54. The van der Waals surface area contributed by atoms with Crippen LogP contribution in [0.3, 0.4) is 0 Å². The molecule has 0 saturated heterocycles. The van der Waals surface area contributed by atoms with Crippen LogP contribution < -0.4 is 5.32 Å². The molecule has 0 rings (SSSR count). The number of nitrogens with one attached hydrogen (secondary N) is 1. The van der Waals surface area contributed by atoms with Crippen LogP contribution in [0.2, 0.25) is 0 Å². The standard InChI is InChI=1S/C9H21NOS/c1-5-8(2)6-10-9(3)7-12(4)11/h8-10H,5-7H2,1-4H3. The van der Waals surface area contributed by atoms with Crippen molar-refractivity contribution in [2.75, 3.05) is 18.6 Å². The normalized spacial score (nSPS) is 18.7. The van der Waals surface area contributed by atoms with Gasteiger partial charge in [-0.05, 0) is 19.4 Å². The molecule has 3 heteroatoms. The molecule has 0 heterocycles. The molecule has 74 valence electrons. The zero-order valence-corrected chi connectivity index (χ0v) is 9.41. The molecule has 0 amide bonds. The van der Waals surface area contributed by atoms with Crippen molar-refractivity contribution in [1.82, 2.24) is 5.32 Å². The Hall–Kier alpha value is 0.110. The maximum atomic E-state index is 10.8.